The van der Waals surface area contributed by atoms with Crippen LogP contribution in [0.25, 0.3) is 6.08 Å². The molecule has 0 aliphatic carbocycles. The van der Waals surface area contributed by atoms with Crippen molar-refractivity contribution < 1.29 is 9.53 Å². The van der Waals surface area contributed by atoms with Crippen molar-refractivity contribution in [1.29, 1.82) is 0 Å². The lowest BCUT2D eigenvalue weighted by Crippen LogP contribution is -2.28. The van der Waals surface area contributed by atoms with Crippen molar-refractivity contribution in [3.63, 3.8) is 0 Å². The first-order valence-corrected chi connectivity index (χ1v) is 8.37. The van der Waals surface area contributed by atoms with Crippen LogP contribution in [0.15, 0.2) is 42.7 Å². The van der Waals surface area contributed by atoms with Crippen molar-refractivity contribution in [3.05, 3.63) is 53.9 Å². The van der Waals surface area contributed by atoms with E-state index in [4.69, 9.17) is 4.74 Å². The molecule has 3 rings (SSSR count). The molecular weight excluding hydrogens is 302 g/mol. The maximum Gasteiger partial charge on any atom is 0.247 e. The largest absolute Gasteiger partial charge is 0.494 e. The number of hydrogen-bond acceptors (Lipinski definition) is 3. The Hall–Kier alpha value is -2.56. The van der Waals surface area contributed by atoms with E-state index < -0.39 is 0 Å². The molecule has 0 radical (unpaired) electrons. The van der Waals surface area contributed by atoms with Crippen molar-refractivity contribution in [2.75, 3.05) is 13.2 Å². The van der Waals surface area contributed by atoms with Gasteiger partial charge in [0.15, 0.2) is 0 Å². The monoisotopic (exact) mass is 325 g/mol. The highest BCUT2D eigenvalue weighted by Gasteiger charge is 2.28. The van der Waals surface area contributed by atoms with Gasteiger partial charge in [-0.05, 0) is 43.5 Å². The molecule has 2 heterocycles. The third-order valence-corrected chi connectivity index (χ3v) is 4.25. The summed E-state index contributed by atoms with van der Waals surface area (Å²) in [5.74, 6) is 0.920. The van der Waals surface area contributed by atoms with Crippen molar-refractivity contribution in [3.8, 4) is 5.75 Å². The fourth-order valence-corrected chi connectivity index (χ4v) is 3.12. The minimum atomic E-state index is 0.0511. The summed E-state index contributed by atoms with van der Waals surface area (Å²) in [6, 6.07) is 8.22. The zero-order valence-corrected chi connectivity index (χ0v) is 14.2. The molecule has 126 valence electrons. The van der Waals surface area contributed by atoms with Crippen LogP contribution >= 0.6 is 0 Å². The number of ether oxygens (including phenoxy) is 1. The summed E-state index contributed by atoms with van der Waals surface area (Å²) in [5, 5.41) is 4.11. The van der Waals surface area contributed by atoms with Crippen LogP contribution in [0.1, 0.15) is 36.9 Å². The molecule has 1 aliphatic rings. The molecule has 24 heavy (non-hydrogen) atoms. The topological polar surface area (TPSA) is 47.4 Å². The maximum atomic E-state index is 12.6. The number of benzene rings is 1. The predicted octanol–water partition coefficient (Wildman–Crippen LogP) is 3.20. The average Bonchev–Trinajstić information content (AvgIpc) is 3.23. The lowest BCUT2D eigenvalue weighted by Gasteiger charge is -2.24. The molecule has 5 nitrogen and oxygen atoms in total. The van der Waals surface area contributed by atoms with E-state index in [0.717, 1.165) is 30.7 Å². The normalized spacial score (nSPS) is 17.6. The van der Waals surface area contributed by atoms with E-state index in [1.54, 1.807) is 17.0 Å². The molecule has 1 amide bonds. The second-order valence-corrected chi connectivity index (χ2v) is 5.97. The van der Waals surface area contributed by atoms with Crippen LogP contribution in [0.4, 0.5) is 0 Å². The summed E-state index contributed by atoms with van der Waals surface area (Å²) >= 11 is 0. The fraction of sp³-hybridized carbons (Fsp3) is 0.368. The summed E-state index contributed by atoms with van der Waals surface area (Å²) in [6.45, 7) is 3.43. The van der Waals surface area contributed by atoms with E-state index >= 15 is 0 Å². The molecule has 0 spiro atoms. The molecule has 0 saturated carbocycles. The Kier molecular flexibility index (Phi) is 4.99. The number of carbonyl (C=O) groups is 1. The number of hydrogen-bond donors (Lipinski definition) is 0. The van der Waals surface area contributed by atoms with Crippen LogP contribution in [0.3, 0.4) is 0 Å². The van der Waals surface area contributed by atoms with Gasteiger partial charge in [0, 0.05) is 31.4 Å². The molecule has 5 heteroatoms. The maximum absolute atomic E-state index is 12.6. The highest BCUT2D eigenvalue weighted by atomic mass is 16.5. The van der Waals surface area contributed by atoms with Crippen molar-refractivity contribution in [2.24, 2.45) is 7.05 Å². The van der Waals surface area contributed by atoms with Gasteiger partial charge in [-0.25, -0.2) is 0 Å². The van der Waals surface area contributed by atoms with Gasteiger partial charge in [-0.15, -0.1) is 0 Å². The van der Waals surface area contributed by atoms with Crippen LogP contribution in [0.5, 0.6) is 5.75 Å². The van der Waals surface area contributed by atoms with E-state index in [1.807, 2.05) is 43.3 Å². The van der Waals surface area contributed by atoms with E-state index in [2.05, 4.69) is 17.2 Å². The second-order valence-electron chi connectivity index (χ2n) is 5.97. The lowest BCUT2D eigenvalue weighted by molar-refractivity contribution is -0.126. The molecule has 1 fully saturated rings. The summed E-state index contributed by atoms with van der Waals surface area (Å²) in [6.07, 6.45) is 9.13. The number of aryl methyl sites for hydroxylation is 1. The smallest absolute Gasteiger partial charge is 0.247 e. The first-order valence-electron chi connectivity index (χ1n) is 8.37. The van der Waals surface area contributed by atoms with Gasteiger partial charge in [-0.2, -0.15) is 5.10 Å². The Balaban J connectivity index is 1.70. The SMILES string of the molecule is CCOc1ccc([C@@H]2CCCN2C(=O)/C=C/c2cnn(C)c2)cc1. The molecule has 0 bridgehead atoms. The minimum Gasteiger partial charge on any atom is -0.494 e. The first-order chi connectivity index (χ1) is 11.7. The van der Waals surface area contributed by atoms with Gasteiger partial charge >= 0.3 is 0 Å². The van der Waals surface area contributed by atoms with Crippen LogP contribution in [-0.2, 0) is 11.8 Å². The predicted molar refractivity (Wildman–Crippen MR) is 93.5 cm³/mol. The summed E-state index contributed by atoms with van der Waals surface area (Å²) in [4.78, 5) is 14.5. The third-order valence-electron chi connectivity index (χ3n) is 4.25. The summed E-state index contributed by atoms with van der Waals surface area (Å²) in [7, 11) is 1.86. The van der Waals surface area contributed by atoms with Crippen molar-refractivity contribution >= 4 is 12.0 Å². The second kappa shape index (κ2) is 7.34. The van der Waals surface area contributed by atoms with Gasteiger partial charge in [-0.1, -0.05) is 12.1 Å². The van der Waals surface area contributed by atoms with Crippen LogP contribution in [0, 0.1) is 0 Å². The molecule has 2 aromatic rings. The highest BCUT2D eigenvalue weighted by Crippen LogP contribution is 2.33. The summed E-state index contributed by atoms with van der Waals surface area (Å²) in [5.41, 5.74) is 2.10. The molecule has 1 aromatic carbocycles. The Labute approximate surface area is 142 Å². The van der Waals surface area contributed by atoms with Crippen molar-refractivity contribution in [2.45, 2.75) is 25.8 Å². The minimum absolute atomic E-state index is 0.0511. The van der Waals surface area contributed by atoms with E-state index in [1.165, 1.54) is 5.56 Å². The number of nitrogens with zero attached hydrogens (tertiary/aromatic N) is 3. The van der Waals surface area contributed by atoms with Gasteiger partial charge in [0.25, 0.3) is 0 Å². The Morgan fingerprint density at radius 1 is 1.38 bits per heavy atom. The van der Waals surface area contributed by atoms with Gasteiger partial charge < -0.3 is 9.64 Å². The van der Waals surface area contributed by atoms with E-state index in [0.29, 0.717) is 6.61 Å². The Morgan fingerprint density at radius 2 is 2.17 bits per heavy atom. The fourth-order valence-electron chi connectivity index (χ4n) is 3.12. The molecule has 0 unspecified atom stereocenters. The molecule has 0 N–H and O–H groups in total. The zero-order valence-electron chi connectivity index (χ0n) is 14.2. The highest BCUT2D eigenvalue weighted by molar-refractivity contribution is 5.92. The first kappa shape index (κ1) is 16.3. The number of likely N-dealkylation sites (tertiary alicyclic amines) is 1. The van der Waals surface area contributed by atoms with Crippen LogP contribution < -0.4 is 4.74 Å². The van der Waals surface area contributed by atoms with Gasteiger partial charge in [0.2, 0.25) is 5.91 Å². The Morgan fingerprint density at radius 3 is 2.83 bits per heavy atom. The molecular formula is C19H23N3O2. The molecule has 1 saturated heterocycles. The van der Waals surface area contributed by atoms with Gasteiger partial charge in [-0.3, -0.25) is 9.48 Å². The number of amides is 1. The molecule has 1 aliphatic heterocycles. The van der Waals surface area contributed by atoms with E-state index in [9.17, 15) is 4.79 Å². The molecule has 1 aromatic heterocycles. The van der Waals surface area contributed by atoms with E-state index in [-0.39, 0.29) is 11.9 Å². The van der Waals surface area contributed by atoms with Crippen LogP contribution in [0.2, 0.25) is 0 Å². The van der Waals surface area contributed by atoms with Gasteiger partial charge in [0.05, 0.1) is 18.8 Å². The average molecular weight is 325 g/mol. The summed E-state index contributed by atoms with van der Waals surface area (Å²) < 4.78 is 7.21. The number of carbonyl (C=O) groups excluding carboxylic acids is 1. The van der Waals surface area contributed by atoms with Gasteiger partial charge in [0.1, 0.15) is 5.75 Å². The third kappa shape index (κ3) is 3.67. The quantitative estimate of drug-likeness (QED) is 0.793. The Bertz CT molecular complexity index is 718. The lowest BCUT2D eigenvalue weighted by atomic mass is 10.0. The standard InChI is InChI=1S/C19H23N3O2/c1-3-24-17-9-7-16(8-10-17)18-5-4-12-22(18)19(23)11-6-15-13-20-21(2)14-15/h6-11,13-14,18H,3-5,12H2,1-2H3/b11-6+/t18-/m0/s1. The van der Waals surface area contributed by atoms with Crippen LogP contribution in [-0.4, -0.2) is 33.7 Å². The number of rotatable bonds is 5. The number of aromatic nitrogens is 2. The molecule has 1 atom stereocenters. The zero-order chi connectivity index (χ0) is 16.9. The van der Waals surface area contributed by atoms with Crippen molar-refractivity contribution in [1.82, 2.24) is 14.7 Å².